The minimum absolute atomic E-state index is 0.342. The molecule has 5 rings (SSSR count). The number of hydrogen-bond donors (Lipinski definition) is 1. The Bertz CT molecular complexity index is 1000. The van der Waals surface area contributed by atoms with E-state index in [1.54, 1.807) is 0 Å². The van der Waals surface area contributed by atoms with Crippen molar-refractivity contribution >= 4 is 0 Å². The molecular formula is C26H23N3. The molecule has 1 aliphatic heterocycles. The standard InChI is InChI=1S/C26H23N3/c1-3-7-23(21(5-1)19-11-15-27-16-12-19)25-9-10-26(29-25)24-8-4-2-6-22(24)20-13-17-28-18-14-20/h1-8,11-18,25-26,29H,9-10H2. The van der Waals surface area contributed by atoms with Gasteiger partial charge in [-0.05, 0) is 70.5 Å². The Balaban J connectivity index is 1.46. The van der Waals surface area contributed by atoms with Crippen LogP contribution < -0.4 is 5.32 Å². The first-order chi connectivity index (χ1) is 14.4. The summed E-state index contributed by atoms with van der Waals surface area (Å²) in [4.78, 5) is 8.34. The predicted octanol–water partition coefficient (Wildman–Crippen LogP) is 5.98. The van der Waals surface area contributed by atoms with Gasteiger partial charge in [-0.15, -0.1) is 0 Å². The highest BCUT2D eigenvalue weighted by atomic mass is 15.0. The lowest BCUT2D eigenvalue weighted by atomic mass is 9.94. The van der Waals surface area contributed by atoms with Crippen LogP contribution in [0.1, 0.15) is 36.1 Å². The molecule has 2 aromatic carbocycles. The minimum atomic E-state index is 0.342. The second kappa shape index (κ2) is 7.98. The smallest absolute Gasteiger partial charge is 0.0332 e. The molecule has 2 aromatic heterocycles. The summed E-state index contributed by atoms with van der Waals surface area (Å²) < 4.78 is 0. The van der Waals surface area contributed by atoms with Gasteiger partial charge in [0.1, 0.15) is 0 Å². The molecule has 1 saturated heterocycles. The van der Waals surface area contributed by atoms with Crippen LogP contribution in [0.3, 0.4) is 0 Å². The van der Waals surface area contributed by atoms with Gasteiger partial charge in [0.25, 0.3) is 0 Å². The van der Waals surface area contributed by atoms with Gasteiger partial charge >= 0.3 is 0 Å². The maximum absolute atomic E-state index is 4.17. The molecule has 0 bridgehead atoms. The molecular weight excluding hydrogens is 354 g/mol. The normalized spacial score (nSPS) is 18.6. The van der Waals surface area contributed by atoms with E-state index >= 15 is 0 Å². The number of nitrogens with zero attached hydrogens (tertiary/aromatic N) is 2. The molecule has 3 heterocycles. The van der Waals surface area contributed by atoms with Crippen molar-refractivity contribution in [1.29, 1.82) is 0 Å². The summed E-state index contributed by atoms with van der Waals surface area (Å²) in [7, 11) is 0. The zero-order valence-electron chi connectivity index (χ0n) is 16.2. The van der Waals surface area contributed by atoms with E-state index < -0.39 is 0 Å². The Kier molecular flexibility index (Phi) is 4.89. The van der Waals surface area contributed by atoms with Crippen molar-refractivity contribution in [3.05, 3.63) is 109 Å². The van der Waals surface area contributed by atoms with Crippen LogP contribution in [0.4, 0.5) is 0 Å². The quantitative estimate of drug-likeness (QED) is 0.476. The maximum Gasteiger partial charge on any atom is 0.0332 e. The van der Waals surface area contributed by atoms with E-state index in [4.69, 9.17) is 0 Å². The molecule has 29 heavy (non-hydrogen) atoms. The second-order valence-corrected chi connectivity index (χ2v) is 7.50. The number of pyridine rings is 2. The van der Waals surface area contributed by atoms with Gasteiger partial charge in [-0.3, -0.25) is 9.97 Å². The van der Waals surface area contributed by atoms with E-state index in [2.05, 4.69) is 88.1 Å². The van der Waals surface area contributed by atoms with E-state index in [9.17, 15) is 0 Å². The van der Waals surface area contributed by atoms with Crippen molar-refractivity contribution in [2.24, 2.45) is 0 Å². The molecule has 3 nitrogen and oxygen atoms in total. The lowest BCUT2D eigenvalue weighted by Gasteiger charge is -2.20. The molecule has 1 aliphatic rings. The molecule has 0 aliphatic carbocycles. The molecule has 4 aromatic rings. The lowest BCUT2D eigenvalue weighted by molar-refractivity contribution is 0.576. The van der Waals surface area contributed by atoms with Crippen LogP contribution in [-0.4, -0.2) is 9.97 Å². The van der Waals surface area contributed by atoms with Crippen LogP contribution in [0, 0.1) is 0 Å². The van der Waals surface area contributed by atoms with Crippen molar-refractivity contribution in [2.75, 3.05) is 0 Å². The SMILES string of the molecule is c1ccc(C2CCC(c3ccccc3-c3ccncc3)N2)c(-c2ccncc2)c1. The average molecular weight is 377 g/mol. The Morgan fingerprint density at radius 2 is 0.966 bits per heavy atom. The van der Waals surface area contributed by atoms with Gasteiger partial charge < -0.3 is 5.32 Å². The topological polar surface area (TPSA) is 37.8 Å². The van der Waals surface area contributed by atoms with Gasteiger partial charge in [-0.1, -0.05) is 48.5 Å². The molecule has 0 amide bonds. The Labute approximate surface area is 171 Å². The van der Waals surface area contributed by atoms with Gasteiger partial charge in [0.2, 0.25) is 0 Å². The fourth-order valence-electron chi connectivity index (χ4n) is 4.42. The average Bonchev–Trinajstić information content (AvgIpc) is 3.30. The third kappa shape index (κ3) is 3.57. The van der Waals surface area contributed by atoms with E-state index in [0.29, 0.717) is 12.1 Å². The molecule has 2 atom stereocenters. The van der Waals surface area contributed by atoms with Gasteiger partial charge in [0, 0.05) is 36.9 Å². The first kappa shape index (κ1) is 17.8. The Morgan fingerprint density at radius 3 is 1.41 bits per heavy atom. The lowest BCUT2D eigenvalue weighted by Crippen LogP contribution is -2.18. The molecule has 142 valence electrons. The number of benzene rings is 2. The summed E-state index contributed by atoms with van der Waals surface area (Å²) in [6, 6.07) is 26.5. The number of hydrogen-bond acceptors (Lipinski definition) is 3. The summed E-state index contributed by atoms with van der Waals surface area (Å²) >= 11 is 0. The van der Waals surface area contributed by atoms with Gasteiger partial charge in [0.05, 0.1) is 0 Å². The fourth-order valence-corrected chi connectivity index (χ4v) is 4.42. The van der Waals surface area contributed by atoms with Gasteiger partial charge in [0.15, 0.2) is 0 Å². The highest BCUT2D eigenvalue weighted by Crippen LogP contribution is 2.40. The minimum Gasteiger partial charge on any atom is -0.303 e. The van der Waals surface area contributed by atoms with Crippen molar-refractivity contribution in [3.63, 3.8) is 0 Å². The van der Waals surface area contributed by atoms with Crippen LogP contribution in [0.2, 0.25) is 0 Å². The first-order valence-electron chi connectivity index (χ1n) is 10.1. The van der Waals surface area contributed by atoms with Crippen molar-refractivity contribution in [1.82, 2.24) is 15.3 Å². The number of aromatic nitrogens is 2. The zero-order valence-corrected chi connectivity index (χ0v) is 16.2. The molecule has 2 unspecified atom stereocenters. The Morgan fingerprint density at radius 1 is 0.552 bits per heavy atom. The van der Waals surface area contributed by atoms with E-state index in [-0.39, 0.29) is 0 Å². The predicted molar refractivity (Wildman–Crippen MR) is 117 cm³/mol. The van der Waals surface area contributed by atoms with E-state index in [1.165, 1.54) is 33.4 Å². The van der Waals surface area contributed by atoms with Crippen molar-refractivity contribution in [3.8, 4) is 22.3 Å². The summed E-state index contributed by atoms with van der Waals surface area (Å²) in [6.45, 7) is 0. The van der Waals surface area contributed by atoms with E-state index in [0.717, 1.165) is 12.8 Å². The van der Waals surface area contributed by atoms with Crippen LogP contribution in [-0.2, 0) is 0 Å². The van der Waals surface area contributed by atoms with E-state index in [1.807, 2.05) is 24.8 Å². The van der Waals surface area contributed by atoms with Gasteiger partial charge in [-0.25, -0.2) is 0 Å². The summed E-state index contributed by atoms with van der Waals surface area (Å²) in [5, 5.41) is 3.91. The molecule has 1 N–H and O–H groups in total. The molecule has 0 radical (unpaired) electrons. The highest BCUT2D eigenvalue weighted by molar-refractivity contribution is 5.69. The van der Waals surface area contributed by atoms with Crippen LogP contribution in [0.5, 0.6) is 0 Å². The Hall–Kier alpha value is -3.30. The van der Waals surface area contributed by atoms with Crippen molar-refractivity contribution < 1.29 is 0 Å². The first-order valence-corrected chi connectivity index (χ1v) is 10.1. The molecule has 1 fully saturated rings. The van der Waals surface area contributed by atoms with Crippen LogP contribution in [0.15, 0.2) is 97.6 Å². The van der Waals surface area contributed by atoms with Gasteiger partial charge in [-0.2, -0.15) is 0 Å². The summed E-state index contributed by atoms with van der Waals surface area (Å²) in [5.74, 6) is 0. The highest BCUT2D eigenvalue weighted by Gasteiger charge is 2.29. The van der Waals surface area contributed by atoms with Crippen LogP contribution in [0.25, 0.3) is 22.3 Å². The number of rotatable bonds is 4. The largest absolute Gasteiger partial charge is 0.303 e. The monoisotopic (exact) mass is 377 g/mol. The third-order valence-electron chi connectivity index (χ3n) is 5.80. The maximum atomic E-state index is 4.17. The summed E-state index contributed by atoms with van der Waals surface area (Å²) in [6.07, 6.45) is 9.70. The second-order valence-electron chi connectivity index (χ2n) is 7.50. The van der Waals surface area contributed by atoms with Crippen LogP contribution >= 0.6 is 0 Å². The fraction of sp³-hybridized carbons (Fsp3) is 0.154. The number of nitrogens with one attached hydrogen (secondary N) is 1. The summed E-state index contributed by atoms with van der Waals surface area (Å²) in [5.41, 5.74) is 7.74. The molecule has 0 saturated carbocycles. The zero-order chi connectivity index (χ0) is 19.5. The van der Waals surface area contributed by atoms with Crippen molar-refractivity contribution in [2.45, 2.75) is 24.9 Å². The third-order valence-corrected chi connectivity index (χ3v) is 5.80. The molecule has 3 heteroatoms. The molecule has 0 spiro atoms.